The van der Waals surface area contributed by atoms with E-state index in [1.165, 1.54) is 0 Å². The molecule has 1 fully saturated rings. The predicted molar refractivity (Wildman–Crippen MR) is 91.8 cm³/mol. The van der Waals surface area contributed by atoms with Crippen LogP contribution in [0, 0.1) is 17.3 Å². The Bertz CT molecular complexity index is 393. The van der Waals surface area contributed by atoms with Crippen LogP contribution in [0.4, 0.5) is 0 Å². The van der Waals surface area contributed by atoms with Gasteiger partial charge in [0.15, 0.2) is 0 Å². The Labute approximate surface area is 140 Å². The average molecular weight is 326 g/mol. The van der Waals surface area contributed by atoms with Gasteiger partial charge in [-0.05, 0) is 36.5 Å². The summed E-state index contributed by atoms with van der Waals surface area (Å²) >= 11 is 0. The van der Waals surface area contributed by atoms with Crippen molar-refractivity contribution in [3.63, 3.8) is 0 Å². The average Bonchev–Trinajstić information content (AvgIpc) is 2.51. The summed E-state index contributed by atoms with van der Waals surface area (Å²) in [5.41, 5.74) is -0.0367. The van der Waals surface area contributed by atoms with E-state index in [1.54, 1.807) is 0 Å². The molecule has 1 aliphatic heterocycles. The summed E-state index contributed by atoms with van der Waals surface area (Å²) in [6.07, 6.45) is 3.04. The van der Waals surface area contributed by atoms with Crippen LogP contribution in [-0.4, -0.2) is 47.6 Å². The van der Waals surface area contributed by atoms with Crippen molar-refractivity contribution in [2.45, 2.75) is 66.3 Å². The van der Waals surface area contributed by atoms with Crippen molar-refractivity contribution in [1.29, 1.82) is 0 Å². The van der Waals surface area contributed by atoms with Gasteiger partial charge in [0.25, 0.3) is 0 Å². The highest BCUT2D eigenvalue weighted by atomic mass is 16.3. The van der Waals surface area contributed by atoms with Gasteiger partial charge in [-0.15, -0.1) is 0 Å². The molecule has 0 radical (unpaired) electrons. The highest BCUT2D eigenvalue weighted by molar-refractivity contribution is 5.88. The molecule has 1 heterocycles. The third-order valence-electron chi connectivity index (χ3n) is 5.06. The molecule has 23 heavy (non-hydrogen) atoms. The van der Waals surface area contributed by atoms with Gasteiger partial charge in [-0.3, -0.25) is 9.59 Å². The molecule has 0 aromatic heterocycles. The second-order valence-electron chi connectivity index (χ2n) is 7.72. The van der Waals surface area contributed by atoms with Crippen molar-refractivity contribution < 1.29 is 14.7 Å². The number of piperidine rings is 1. The second kappa shape index (κ2) is 8.67. The molecule has 5 nitrogen and oxygen atoms in total. The number of amides is 2. The standard InChI is InChI=1S/C18H34N2O3/c1-6-18(12-21)7-9-20(10-8-18)17(23)16(14(4)5)19-15(22)11-13(2)3/h13-14,16,21H,6-12H2,1-5H3,(H,19,22)/t16-/m0/s1. The Hall–Kier alpha value is -1.10. The summed E-state index contributed by atoms with van der Waals surface area (Å²) in [6.45, 7) is 11.5. The molecule has 1 aliphatic rings. The third-order valence-corrected chi connectivity index (χ3v) is 5.06. The lowest BCUT2D eigenvalue weighted by molar-refractivity contribution is -0.140. The maximum Gasteiger partial charge on any atom is 0.245 e. The van der Waals surface area contributed by atoms with Crippen LogP contribution in [0.3, 0.4) is 0 Å². The van der Waals surface area contributed by atoms with Gasteiger partial charge >= 0.3 is 0 Å². The van der Waals surface area contributed by atoms with Crippen molar-refractivity contribution in [3.8, 4) is 0 Å². The highest BCUT2D eigenvalue weighted by Crippen LogP contribution is 2.34. The van der Waals surface area contributed by atoms with E-state index in [1.807, 2.05) is 32.6 Å². The molecule has 0 aromatic carbocycles. The number of nitrogens with zero attached hydrogens (tertiary/aromatic N) is 1. The molecule has 0 bridgehead atoms. The third kappa shape index (κ3) is 5.48. The topological polar surface area (TPSA) is 69.6 Å². The van der Waals surface area contributed by atoms with Crippen molar-refractivity contribution >= 4 is 11.8 Å². The minimum atomic E-state index is -0.454. The van der Waals surface area contributed by atoms with Crippen LogP contribution in [0.25, 0.3) is 0 Å². The fourth-order valence-corrected chi connectivity index (χ4v) is 3.14. The first-order valence-corrected chi connectivity index (χ1v) is 8.93. The van der Waals surface area contributed by atoms with E-state index in [-0.39, 0.29) is 35.7 Å². The van der Waals surface area contributed by atoms with E-state index in [2.05, 4.69) is 12.2 Å². The van der Waals surface area contributed by atoms with E-state index in [4.69, 9.17) is 0 Å². The van der Waals surface area contributed by atoms with Crippen molar-refractivity contribution in [2.75, 3.05) is 19.7 Å². The van der Waals surface area contributed by atoms with Gasteiger partial charge in [-0.2, -0.15) is 0 Å². The molecule has 0 spiro atoms. The fraction of sp³-hybridized carbons (Fsp3) is 0.889. The first kappa shape index (κ1) is 19.9. The molecule has 0 saturated carbocycles. The van der Waals surface area contributed by atoms with Crippen LogP contribution in [-0.2, 0) is 9.59 Å². The number of carbonyl (C=O) groups is 2. The zero-order chi connectivity index (χ0) is 17.6. The van der Waals surface area contributed by atoms with Gasteiger partial charge in [0.2, 0.25) is 11.8 Å². The number of hydrogen-bond donors (Lipinski definition) is 2. The first-order chi connectivity index (χ1) is 10.7. The number of carbonyl (C=O) groups excluding carboxylic acids is 2. The van der Waals surface area contributed by atoms with Crippen molar-refractivity contribution in [3.05, 3.63) is 0 Å². The van der Waals surface area contributed by atoms with Crippen molar-refractivity contribution in [2.24, 2.45) is 17.3 Å². The Balaban J connectivity index is 2.67. The molecule has 0 aromatic rings. The largest absolute Gasteiger partial charge is 0.396 e. The Morgan fingerprint density at radius 1 is 1.17 bits per heavy atom. The summed E-state index contributed by atoms with van der Waals surface area (Å²) in [5, 5.41) is 12.5. The minimum absolute atomic E-state index is 0.0137. The lowest BCUT2D eigenvalue weighted by Crippen LogP contribution is -2.54. The number of rotatable bonds is 7. The summed E-state index contributed by atoms with van der Waals surface area (Å²) < 4.78 is 0. The maximum atomic E-state index is 12.8. The SMILES string of the molecule is CCC1(CO)CCN(C(=O)[C@@H](NC(=O)CC(C)C)C(C)C)CC1. The van der Waals surface area contributed by atoms with Gasteiger partial charge in [-0.25, -0.2) is 0 Å². The molecule has 2 N–H and O–H groups in total. The van der Waals surface area contributed by atoms with Crippen LogP contribution in [0.2, 0.25) is 0 Å². The Morgan fingerprint density at radius 3 is 2.13 bits per heavy atom. The van der Waals surface area contributed by atoms with E-state index in [0.717, 1.165) is 19.3 Å². The Kier molecular flexibility index (Phi) is 7.52. The lowest BCUT2D eigenvalue weighted by atomic mass is 9.77. The maximum absolute atomic E-state index is 12.8. The number of aliphatic hydroxyl groups excluding tert-OH is 1. The number of nitrogens with one attached hydrogen (secondary N) is 1. The van der Waals surface area contributed by atoms with E-state index >= 15 is 0 Å². The second-order valence-corrected chi connectivity index (χ2v) is 7.72. The molecule has 1 saturated heterocycles. The van der Waals surface area contributed by atoms with Gasteiger partial charge in [0.1, 0.15) is 6.04 Å². The highest BCUT2D eigenvalue weighted by Gasteiger charge is 2.36. The zero-order valence-electron chi connectivity index (χ0n) is 15.4. The van der Waals surface area contributed by atoms with Crippen LogP contribution in [0.15, 0.2) is 0 Å². The molecule has 1 atom stereocenters. The first-order valence-electron chi connectivity index (χ1n) is 8.93. The molecule has 2 amide bonds. The van der Waals surface area contributed by atoms with Gasteiger partial charge in [-0.1, -0.05) is 34.6 Å². The molecule has 0 unspecified atom stereocenters. The number of aliphatic hydroxyl groups is 1. The van der Waals surface area contributed by atoms with E-state index < -0.39 is 6.04 Å². The van der Waals surface area contributed by atoms with Gasteiger partial charge < -0.3 is 15.3 Å². The summed E-state index contributed by atoms with van der Waals surface area (Å²) in [7, 11) is 0. The molecular weight excluding hydrogens is 292 g/mol. The van der Waals surface area contributed by atoms with Crippen LogP contribution in [0.1, 0.15) is 60.3 Å². The van der Waals surface area contributed by atoms with Crippen molar-refractivity contribution in [1.82, 2.24) is 10.2 Å². The van der Waals surface area contributed by atoms with Crippen LogP contribution in [0.5, 0.6) is 0 Å². The zero-order valence-corrected chi connectivity index (χ0v) is 15.4. The number of likely N-dealkylation sites (tertiary alicyclic amines) is 1. The Morgan fingerprint density at radius 2 is 1.74 bits per heavy atom. The summed E-state index contributed by atoms with van der Waals surface area (Å²) in [5.74, 6) is 0.305. The van der Waals surface area contributed by atoms with E-state index in [9.17, 15) is 14.7 Å². The lowest BCUT2D eigenvalue weighted by Gasteiger charge is -2.41. The smallest absolute Gasteiger partial charge is 0.245 e. The monoisotopic (exact) mass is 326 g/mol. The molecule has 0 aliphatic carbocycles. The van der Waals surface area contributed by atoms with E-state index in [0.29, 0.717) is 19.5 Å². The fourth-order valence-electron chi connectivity index (χ4n) is 3.14. The number of hydrogen-bond acceptors (Lipinski definition) is 3. The molecule has 5 heteroatoms. The molecule has 1 rings (SSSR count). The quantitative estimate of drug-likeness (QED) is 0.753. The normalized spacial score (nSPS) is 19.0. The molecular formula is C18H34N2O3. The van der Waals surface area contributed by atoms with Crippen LogP contribution < -0.4 is 5.32 Å². The molecule has 134 valence electrons. The minimum Gasteiger partial charge on any atom is -0.396 e. The van der Waals surface area contributed by atoms with Gasteiger partial charge in [0.05, 0.1) is 0 Å². The summed E-state index contributed by atoms with van der Waals surface area (Å²) in [4.78, 5) is 26.7. The van der Waals surface area contributed by atoms with Crippen LogP contribution >= 0.6 is 0 Å². The predicted octanol–water partition coefficient (Wildman–Crippen LogP) is 2.18. The van der Waals surface area contributed by atoms with Gasteiger partial charge in [0, 0.05) is 26.1 Å². The summed E-state index contributed by atoms with van der Waals surface area (Å²) in [6, 6.07) is -0.454.